The number of unbranched alkanes of at least 4 members (excludes halogenated alkanes) is 25. The Morgan fingerprint density at radius 1 is 0.592 bits per heavy atom. The number of rotatable bonds is 40. The van der Waals surface area contributed by atoms with E-state index < -0.39 is 13.9 Å². The molecule has 3 N–H and O–H groups in total. The smallest absolute Gasteiger partial charge is 0.457 e. The molecule has 0 fully saturated rings. The second-order valence-corrected chi connectivity index (χ2v) is 15.3. The van der Waals surface area contributed by atoms with Crippen molar-refractivity contribution < 1.29 is 32.8 Å². The Kier molecular flexibility index (Phi) is 37.9. The fourth-order valence-corrected chi connectivity index (χ4v) is 6.64. The summed E-state index contributed by atoms with van der Waals surface area (Å²) in [6.07, 6.45) is 39.3. The minimum absolute atomic E-state index is 0.0931. The van der Waals surface area contributed by atoms with Crippen LogP contribution in [0.2, 0.25) is 0 Å². The Morgan fingerprint density at radius 3 is 1.49 bits per heavy atom. The molecular formula is C40H80NO7P. The largest absolute Gasteiger partial charge is 0.472 e. The Balaban J connectivity index is 4.03. The number of carbonyl (C=O) groups excluding carboxylic acids is 1. The van der Waals surface area contributed by atoms with Crippen molar-refractivity contribution in [3.05, 3.63) is 12.2 Å². The van der Waals surface area contributed by atoms with Gasteiger partial charge in [-0.05, 0) is 38.5 Å². The summed E-state index contributed by atoms with van der Waals surface area (Å²) in [7, 11) is -4.27. The zero-order chi connectivity index (χ0) is 35.9. The van der Waals surface area contributed by atoms with E-state index in [1.807, 2.05) is 0 Å². The van der Waals surface area contributed by atoms with Gasteiger partial charge in [-0.2, -0.15) is 0 Å². The molecular weight excluding hydrogens is 637 g/mol. The van der Waals surface area contributed by atoms with Crippen molar-refractivity contribution in [1.82, 2.24) is 0 Å². The molecule has 9 heteroatoms. The standard InChI is InChI=1S/C40H80NO7P/c1-3-5-7-9-11-13-15-17-18-19-20-21-23-25-27-29-31-33-40(42)48-39(38-47-49(43,44)46-36-34-41)37-45-35-32-30-28-26-24-22-16-14-12-10-8-6-4-2/h17-18,39H,3-16,19-38,41H2,1-2H3,(H,43,44)/b18-17-. The lowest BCUT2D eigenvalue weighted by Gasteiger charge is -2.20. The molecule has 0 aliphatic carbocycles. The van der Waals surface area contributed by atoms with E-state index in [1.54, 1.807) is 0 Å². The van der Waals surface area contributed by atoms with Crippen molar-refractivity contribution >= 4 is 13.8 Å². The van der Waals surface area contributed by atoms with Crippen LogP contribution in [-0.4, -0.2) is 49.9 Å². The second-order valence-electron chi connectivity index (χ2n) is 13.9. The fourth-order valence-electron chi connectivity index (χ4n) is 5.87. The lowest BCUT2D eigenvalue weighted by Crippen LogP contribution is -2.28. The quantitative estimate of drug-likeness (QED) is 0.0278. The van der Waals surface area contributed by atoms with E-state index >= 15 is 0 Å². The van der Waals surface area contributed by atoms with Crippen LogP contribution in [0.15, 0.2) is 12.2 Å². The summed E-state index contributed by atoms with van der Waals surface area (Å²) in [5, 5.41) is 0. The van der Waals surface area contributed by atoms with Crippen molar-refractivity contribution in [2.75, 3.05) is 33.0 Å². The predicted molar refractivity (Wildman–Crippen MR) is 206 cm³/mol. The highest BCUT2D eigenvalue weighted by molar-refractivity contribution is 7.47. The van der Waals surface area contributed by atoms with Gasteiger partial charge in [0.1, 0.15) is 6.10 Å². The average molecular weight is 718 g/mol. The third kappa shape index (κ3) is 38.3. The number of hydrogen-bond acceptors (Lipinski definition) is 7. The normalized spacial score (nSPS) is 13.6. The molecule has 2 unspecified atom stereocenters. The highest BCUT2D eigenvalue weighted by Gasteiger charge is 2.25. The molecule has 0 rings (SSSR count). The molecule has 49 heavy (non-hydrogen) atoms. The van der Waals surface area contributed by atoms with E-state index in [4.69, 9.17) is 24.3 Å². The summed E-state index contributed by atoms with van der Waals surface area (Å²) in [6, 6.07) is 0. The molecule has 0 aliphatic heterocycles. The molecule has 292 valence electrons. The summed E-state index contributed by atoms with van der Waals surface area (Å²) in [6.45, 7) is 4.94. The number of esters is 1. The Labute approximate surface area is 303 Å². The summed E-state index contributed by atoms with van der Waals surface area (Å²) in [4.78, 5) is 22.4. The minimum atomic E-state index is -4.27. The van der Waals surface area contributed by atoms with Crippen LogP contribution < -0.4 is 5.73 Å². The predicted octanol–water partition coefficient (Wildman–Crippen LogP) is 11.9. The lowest BCUT2D eigenvalue weighted by atomic mass is 10.0. The number of ether oxygens (including phenoxy) is 2. The molecule has 0 spiro atoms. The van der Waals surface area contributed by atoms with E-state index in [0.717, 1.165) is 32.1 Å². The maximum atomic E-state index is 12.6. The third-order valence-corrected chi connectivity index (χ3v) is 9.92. The van der Waals surface area contributed by atoms with Gasteiger partial charge in [-0.3, -0.25) is 13.8 Å². The summed E-state index contributed by atoms with van der Waals surface area (Å²) in [5.41, 5.74) is 5.36. The van der Waals surface area contributed by atoms with Gasteiger partial charge in [-0.15, -0.1) is 0 Å². The highest BCUT2D eigenvalue weighted by atomic mass is 31.2. The Hall–Kier alpha value is -0.760. The summed E-state index contributed by atoms with van der Waals surface area (Å²) in [5.74, 6) is -0.332. The first kappa shape index (κ1) is 48.2. The van der Waals surface area contributed by atoms with Gasteiger partial charge in [0.05, 0.1) is 19.8 Å². The van der Waals surface area contributed by atoms with Crippen molar-refractivity contribution in [2.45, 2.75) is 206 Å². The zero-order valence-electron chi connectivity index (χ0n) is 32.2. The molecule has 0 amide bonds. The Morgan fingerprint density at radius 2 is 1.02 bits per heavy atom. The first-order chi connectivity index (χ1) is 23.9. The molecule has 0 saturated carbocycles. The molecule has 0 heterocycles. The molecule has 0 aliphatic rings. The molecule has 2 atom stereocenters. The summed E-state index contributed by atoms with van der Waals surface area (Å²) < 4.78 is 33.4. The zero-order valence-corrected chi connectivity index (χ0v) is 33.1. The van der Waals surface area contributed by atoms with Gasteiger partial charge >= 0.3 is 13.8 Å². The van der Waals surface area contributed by atoms with E-state index in [1.165, 1.54) is 148 Å². The molecule has 0 radical (unpaired) electrons. The van der Waals surface area contributed by atoms with Gasteiger partial charge in [-0.25, -0.2) is 4.57 Å². The van der Waals surface area contributed by atoms with Gasteiger partial charge in [0, 0.05) is 19.6 Å². The molecule has 0 bridgehead atoms. The number of allylic oxidation sites excluding steroid dienone is 2. The van der Waals surface area contributed by atoms with E-state index in [2.05, 4.69) is 26.0 Å². The van der Waals surface area contributed by atoms with Crippen LogP contribution in [0.25, 0.3) is 0 Å². The van der Waals surface area contributed by atoms with Crippen LogP contribution in [0.4, 0.5) is 0 Å². The topological polar surface area (TPSA) is 117 Å². The van der Waals surface area contributed by atoms with Crippen molar-refractivity contribution in [2.24, 2.45) is 5.73 Å². The van der Waals surface area contributed by atoms with Gasteiger partial charge in [0.25, 0.3) is 0 Å². The van der Waals surface area contributed by atoms with Crippen molar-refractivity contribution in [3.8, 4) is 0 Å². The summed E-state index contributed by atoms with van der Waals surface area (Å²) >= 11 is 0. The highest BCUT2D eigenvalue weighted by Crippen LogP contribution is 2.43. The van der Waals surface area contributed by atoms with E-state index in [0.29, 0.717) is 13.0 Å². The molecule has 0 aromatic heterocycles. The average Bonchev–Trinajstić information content (AvgIpc) is 3.09. The third-order valence-electron chi connectivity index (χ3n) is 8.93. The first-order valence-electron chi connectivity index (χ1n) is 20.7. The number of phosphoric ester groups is 1. The maximum absolute atomic E-state index is 12.6. The maximum Gasteiger partial charge on any atom is 0.472 e. The van der Waals surface area contributed by atoms with Crippen LogP contribution in [0, 0.1) is 0 Å². The number of nitrogens with two attached hydrogens (primary N) is 1. The molecule has 0 aromatic rings. The second kappa shape index (κ2) is 38.5. The molecule has 0 aromatic carbocycles. The first-order valence-corrected chi connectivity index (χ1v) is 22.2. The number of carbonyl (C=O) groups is 1. The van der Waals surface area contributed by atoms with E-state index in [9.17, 15) is 14.3 Å². The molecule has 8 nitrogen and oxygen atoms in total. The van der Waals surface area contributed by atoms with Gasteiger partial charge in [0.15, 0.2) is 0 Å². The van der Waals surface area contributed by atoms with Crippen LogP contribution in [0.5, 0.6) is 0 Å². The van der Waals surface area contributed by atoms with Crippen LogP contribution in [0.1, 0.15) is 200 Å². The Bertz CT molecular complexity index is 767. The van der Waals surface area contributed by atoms with Gasteiger partial charge in [0.2, 0.25) is 0 Å². The monoisotopic (exact) mass is 718 g/mol. The van der Waals surface area contributed by atoms with Crippen LogP contribution in [0.3, 0.4) is 0 Å². The number of hydrogen-bond donors (Lipinski definition) is 2. The number of phosphoric acid groups is 1. The lowest BCUT2D eigenvalue weighted by molar-refractivity contribution is -0.154. The molecule has 0 saturated heterocycles. The van der Waals surface area contributed by atoms with Crippen LogP contribution in [-0.2, 0) is 27.9 Å². The van der Waals surface area contributed by atoms with Gasteiger partial charge in [-0.1, -0.05) is 167 Å². The fraction of sp³-hybridized carbons (Fsp3) is 0.925. The van der Waals surface area contributed by atoms with E-state index in [-0.39, 0.29) is 32.3 Å². The van der Waals surface area contributed by atoms with Crippen LogP contribution >= 0.6 is 7.82 Å². The minimum Gasteiger partial charge on any atom is -0.457 e. The van der Waals surface area contributed by atoms with Gasteiger partial charge < -0.3 is 20.1 Å². The SMILES string of the molecule is CCCCCCCC/C=C\CCCCCCCCCC(=O)OC(COCCCCCCCCCCCCCCC)COP(=O)(O)OCCN. The van der Waals surface area contributed by atoms with Crippen molar-refractivity contribution in [1.29, 1.82) is 0 Å². The van der Waals surface area contributed by atoms with Crippen molar-refractivity contribution in [3.63, 3.8) is 0 Å².